The molecule has 0 aliphatic heterocycles. The van der Waals surface area contributed by atoms with Gasteiger partial charge in [0.15, 0.2) is 0 Å². The molecule has 2 rings (SSSR count). The molecule has 1 N–H and O–H groups in total. The molecule has 3 heteroatoms. The molecule has 1 aliphatic rings. The number of aliphatic hydroxyl groups is 1. The largest absolute Gasteiger partial charge is 0.387 e. The Labute approximate surface area is 114 Å². The van der Waals surface area contributed by atoms with Crippen molar-refractivity contribution in [3.8, 4) is 0 Å². The van der Waals surface area contributed by atoms with Gasteiger partial charge in [0.05, 0.1) is 6.10 Å². The van der Waals surface area contributed by atoms with Gasteiger partial charge in [0.25, 0.3) is 0 Å². The normalized spacial score (nSPS) is 25.6. The van der Waals surface area contributed by atoms with Crippen LogP contribution in [0.1, 0.15) is 30.9 Å². The van der Waals surface area contributed by atoms with Crippen LogP contribution in [0, 0.1) is 0 Å². The van der Waals surface area contributed by atoms with Crippen molar-refractivity contribution < 1.29 is 5.11 Å². The highest BCUT2D eigenvalue weighted by Gasteiger charge is 2.27. The van der Waals surface area contributed by atoms with E-state index in [-0.39, 0.29) is 6.10 Å². The molecule has 0 radical (unpaired) electrons. The van der Waals surface area contributed by atoms with Gasteiger partial charge in [-0.3, -0.25) is 0 Å². The Morgan fingerprint density at radius 2 is 2.06 bits per heavy atom. The van der Waals surface area contributed by atoms with E-state index in [4.69, 9.17) is 0 Å². The van der Waals surface area contributed by atoms with E-state index in [1.807, 2.05) is 42.1 Å². The molecular weight excluding hydrogens is 242 g/mol. The quantitative estimate of drug-likeness (QED) is 0.885. The molecule has 1 aromatic carbocycles. The topological polar surface area (TPSA) is 23.5 Å². The molecule has 3 atom stereocenters. The van der Waals surface area contributed by atoms with E-state index in [9.17, 15) is 5.11 Å². The van der Waals surface area contributed by atoms with Gasteiger partial charge >= 0.3 is 0 Å². The molecule has 1 aliphatic carbocycles. The first-order valence-corrected chi connectivity index (χ1v) is 7.95. The summed E-state index contributed by atoms with van der Waals surface area (Å²) in [7, 11) is 2.14. The van der Waals surface area contributed by atoms with E-state index in [0.29, 0.717) is 6.04 Å². The molecule has 18 heavy (non-hydrogen) atoms. The summed E-state index contributed by atoms with van der Waals surface area (Å²) in [5.74, 6) is 0. The van der Waals surface area contributed by atoms with Gasteiger partial charge in [0.2, 0.25) is 0 Å². The summed E-state index contributed by atoms with van der Waals surface area (Å²) in [4.78, 5) is 2.33. The summed E-state index contributed by atoms with van der Waals surface area (Å²) in [5.41, 5.74) is 1.02. The molecule has 1 aromatic rings. The summed E-state index contributed by atoms with van der Waals surface area (Å²) in [6.07, 6.45) is 5.68. The van der Waals surface area contributed by atoms with Gasteiger partial charge in [-0.05, 0) is 38.1 Å². The Kier molecular flexibility index (Phi) is 5.10. The minimum absolute atomic E-state index is 0.371. The van der Waals surface area contributed by atoms with Crippen LogP contribution in [0.15, 0.2) is 30.3 Å². The molecule has 1 saturated carbocycles. The lowest BCUT2D eigenvalue weighted by Gasteiger charge is -2.27. The maximum atomic E-state index is 10.2. The van der Waals surface area contributed by atoms with Crippen molar-refractivity contribution in [2.75, 3.05) is 19.8 Å². The fourth-order valence-corrected chi connectivity index (χ4v) is 3.52. The number of hydrogen-bond donors (Lipinski definition) is 1. The van der Waals surface area contributed by atoms with E-state index in [1.54, 1.807) is 0 Å². The molecule has 100 valence electrons. The third kappa shape index (κ3) is 3.50. The van der Waals surface area contributed by atoms with Gasteiger partial charge in [0, 0.05) is 17.8 Å². The zero-order chi connectivity index (χ0) is 13.0. The zero-order valence-electron chi connectivity index (χ0n) is 11.2. The highest BCUT2D eigenvalue weighted by molar-refractivity contribution is 7.99. The second-order valence-corrected chi connectivity index (χ2v) is 6.33. The van der Waals surface area contributed by atoms with Crippen LogP contribution < -0.4 is 0 Å². The summed E-state index contributed by atoms with van der Waals surface area (Å²) in [6, 6.07) is 10.6. The van der Waals surface area contributed by atoms with Crippen LogP contribution >= 0.6 is 11.8 Å². The fraction of sp³-hybridized carbons (Fsp3) is 0.600. The van der Waals surface area contributed by atoms with Crippen molar-refractivity contribution in [2.45, 2.75) is 36.7 Å². The second-order valence-electron chi connectivity index (χ2n) is 5.19. The highest BCUT2D eigenvalue weighted by Crippen LogP contribution is 2.31. The first-order valence-electron chi connectivity index (χ1n) is 6.66. The number of aliphatic hydroxyl groups excluding tert-OH is 1. The monoisotopic (exact) mass is 265 g/mol. The Balaban J connectivity index is 1.86. The summed E-state index contributed by atoms with van der Waals surface area (Å²) < 4.78 is 0. The number of benzene rings is 1. The minimum Gasteiger partial charge on any atom is -0.387 e. The van der Waals surface area contributed by atoms with Gasteiger partial charge in [-0.15, -0.1) is 0 Å². The van der Waals surface area contributed by atoms with Gasteiger partial charge in [-0.1, -0.05) is 30.3 Å². The lowest BCUT2D eigenvalue weighted by molar-refractivity contribution is 0.105. The molecule has 1 fully saturated rings. The predicted octanol–water partition coefficient (Wildman–Crippen LogP) is 2.94. The average Bonchev–Trinajstić information content (AvgIpc) is 2.88. The van der Waals surface area contributed by atoms with Crippen LogP contribution in [-0.2, 0) is 0 Å². The molecule has 0 spiro atoms. The van der Waals surface area contributed by atoms with E-state index >= 15 is 0 Å². The van der Waals surface area contributed by atoms with Crippen molar-refractivity contribution in [2.24, 2.45) is 0 Å². The highest BCUT2D eigenvalue weighted by atomic mass is 32.2. The van der Waals surface area contributed by atoms with Gasteiger partial charge in [0.1, 0.15) is 0 Å². The third-order valence-electron chi connectivity index (χ3n) is 3.96. The smallest absolute Gasteiger partial charge is 0.0916 e. The van der Waals surface area contributed by atoms with Crippen molar-refractivity contribution in [1.29, 1.82) is 0 Å². The van der Waals surface area contributed by atoms with E-state index in [2.05, 4.69) is 18.2 Å². The maximum Gasteiger partial charge on any atom is 0.0916 e. The molecule has 0 aromatic heterocycles. The van der Waals surface area contributed by atoms with Gasteiger partial charge < -0.3 is 10.0 Å². The number of likely N-dealkylation sites (N-methyl/N-ethyl adjacent to an activating group) is 1. The summed E-state index contributed by atoms with van der Waals surface area (Å²) in [6.45, 7) is 0.732. The molecule has 2 nitrogen and oxygen atoms in total. The van der Waals surface area contributed by atoms with Crippen LogP contribution in [0.3, 0.4) is 0 Å². The SMILES string of the molecule is CS[C@@H]1CC[C@H](N(C)C[C@H](O)c2ccccc2)C1. The zero-order valence-corrected chi connectivity index (χ0v) is 12.1. The standard InChI is InChI=1S/C15H23NOS/c1-16(13-8-9-14(10-13)18-2)11-15(17)12-6-4-3-5-7-12/h3-7,13-15,17H,8-11H2,1-2H3/t13-,14+,15-/m0/s1. The number of thioether (sulfide) groups is 1. The van der Waals surface area contributed by atoms with Gasteiger partial charge in [-0.2, -0.15) is 11.8 Å². The van der Waals surface area contributed by atoms with Crippen LogP contribution in [-0.4, -0.2) is 41.1 Å². The molecule has 0 unspecified atom stereocenters. The lowest BCUT2D eigenvalue weighted by atomic mass is 10.1. The van der Waals surface area contributed by atoms with Crippen molar-refractivity contribution in [3.05, 3.63) is 35.9 Å². The third-order valence-corrected chi connectivity index (χ3v) is 5.05. The molecular formula is C15H23NOS. The summed E-state index contributed by atoms with van der Waals surface area (Å²) in [5, 5.41) is 11.0. The minimum atomic E-state index is -0.371. The van der Waals surface area contributed by atoms with E-state index < -0.39 is 0 Å². The lowest BCUT2D eigenvalue weighted by Crippen LogP contribution is -2.33. The molecule has 0 bridgehead atoms. The summed E-state index contributed by atoms with van der Waals surface area (Å²) >= 11 is 1.98. The Bertz CT molecular complexity index is 357. The Morgan fingerprint density at radius 1 is 1.33 bits per heavy atom. The Morgan fingerprint density at radius 3 is 2.67 bits per heavy atom. The van der Waals surface area contributed by atoms with Crippen LogP contribution in [0.4, 0.5) is 0 Å². The molecule has 0 amide bonds. The maximum absolute atomic E-state index is 10.2. The van der Waals surface area contributed by atoms with Crippen LogP contribution in [0.5, 0.6) is 0 Å². The molecule has 0 heterocycles. The van der Waals surface area contributed by atoms with E-state index in [1.165, 1.54) is 19.3 Å². The first kappa shape index (κ1) is 13.9. The van der Waals surface area contributed by atoms with Crippen molar-refractivity contribution >= 4 is 11.8 Å². The number of rotatable bonds is 5. The van der Waals surface area contributed by atoms with Crippen molar-refractivity contribution in [3.63, 3.8) is 0 Å². The number of hydrogen-bond acceptors (Lipinski definition) is 3. The van der Waals surface area contributed by atoms with Crippen LogP contribution in [0.25, 0.3) is 0 Å². The molecule has 0 saturated heterocycles. The number of nitrogens with zero attached hydrogens (tertiary/aromatic N) is 1. The van der Waals surface area contributed by atoms with E-state index in [0.717, 1.165) is 17.4 Å². The van der Waals surface area contributed by atoms with Crippen LogP contribution in [0.2, 0.25) is 0 Å². The van der Waals surface area contributed by atoms with Gasteiger partial charge in [-0.25, -0.2) is 0 Å². The second kappa shape index (κ2) is 6.60. The van der Waals surface area contributed by atoms with Crippen molar-refractivity contribution in [1.82, 2.24) is 4.90 Å². The first-order chi connectivity index (χ1) is 8.70. The average molecular weight is 265 g/mol. The fourth-order valence-electron chi connectivity index (χ4n) is 2.73. The Hall–Kier alpha value is -0.510. The predicted molar refractivity (Wildman–Crippen MR) is 79.0 cm³/mol.